The number of urea groups is 1. The molecule has 1 aromatic heterocycles. The molecule has 0 atom stereocenters. The van der Waals surface area contributed by atoms with Gasteiger partial charge in [0.15, 0.2) is 5.17 Å². The lowest BCUT2D eigenvalue weighted by Gasteiger charge is -2.22. The second kappa shape index (κ2) is 11.8. The number of halogens is 3. The summed E-state index contributed by atoms with van der Waals surface area (Å²) in [6.45, 7) is 4.06. The summed E-state index contributed by atoms with van der Waals surface area (Å²) in [7, 11) is 1.56. The molecule has 2 heterocycles. The highest BCUT2D eigenvalue weighted by Crippen LogP contribution is 2.36. The number of benzene rings is 2. The highest BCUT2D eigenvalue weighted by Gasteiger charge is 2.32. The van der Waals surface area contributed by atoms with Crippen LogP contribution in [-0.2, 0) is 4.79 Å². The lowest BCUT2D eigenvalue weighted by Crippen LogP contribution is -2.31. The third kappa shape index (κ3) is 7.46. The first-order chi connectivity index (χ1) is 17.5. The van der Waals surface area contributed by atoms with E-state index in [-0.39, 0.29) is 23.3 Å². The van der Waals surface area contributed by atoms with Gasteiger partial charge in [-0.05, 0) is 41.8 Å². The number of anilines is 1. The van der Waals surface area contributed by atoms with Crippen LogP contribution >= 0.6 is 11.8 Å². The van der Waals surface area contributed by atoms with Gasteiger partial charge in [0.1, 0.15) is 24.2 Å². The zero-order valence-electron chi connectivity index (χ0n) is 20.0. The van der Waals surface area contributed by atoms with Crippen molar-refractivity contribution in [1.82, 2.24) is 14.8 Å². The molecular formula is C23H23F3N6O4S. The lowest BCUT2D eigenvalue weighted by atomic mass is 10.00. The van der Waals surface area contributed by atoms with Crippen molar-refractivity contribution in [3.8, 4) is 17.2 Å². The Balaban J connectivity index is 0.000000213. The van der Waals surface area contributed by atoms with Crippen molar-refractivity contribution >= 4 is 34.6 Å². The Morgan fingerprint density at radius 2 is 1.84 bits per heavy atom. The summed E-state index contributed by atoms with van der Waals surface area (Å²) >= 11 is 1.20. The number of amides is 3. The summed E-state index contributed by atoms with van der Waals surface area (Å²) < 4.78 is 46.0. The Hall–Kier alpha value is -4.07. The molecule has 0 unspecified atom stereocenters. The normalized spacial score (nSPS) is 14.5. The number of carbonyl (C=O) groups excluding carboxylic acids is 2. The minimum atomic E-state index is -4.67. The van der Waals surface area contributed by atoms with E-state index in [0.29, 0.717) is 22.3 Å². The van der Waals surface area contributed by atoms with Crippen molar-refractivity contribution in [3.63, 3.8) is 0 Å². The van der Waals surface area contributed by atoms with E-state index < -0.39 is 12.4 Å². The maximum atomic E-state index is 12.2. The number of carbonyl (C=O) groups is 2. The number of thioether (sulfide) groups is 1. The number of rotatable bonds is 5. The fraction of sp³-hybridized carbons (Fsp3) is 0.261. The molecule has 2 aromatic carbocycles. The first-order valence-electron chi connectivity index (χ1n) is 10.7. The number of amidine groups is 1. The van der Waals surface area contributed by atoms with E-state index in [4.69, 9.17) is 10.5 Å². The summed E-state index contributed by atoms with van der Waals surface area (Å²) in [4.78, 5) is 32.1. The third-order valence-electron chi connectivity index (χ3n) is 4.83. The quantitative estimate of drug-likeness (QED) is 0.509. The van der Waals surface area contributed by atoms with Gasteiger partial charge < -0.3 is 15.2 Å². The molecule has 196 valence electrons. The topological polar surface area (TPSA) is 125 Å². The van der Waals surface area contributed by atoms with Gasteiger partial charge >= 0.3 is 12.4 Å². The minimum absolute atomic E-state index is 0.129. The standard InChI is InChI=1S/C14H17N3O3S.C9H6F3N3O/c1-8(2)10-5-4-9(20-3)6-11(10)17-12(18)7-21-14(17)16-13(15)19;10-9(11,12)16-8-3-1-7(2-4-8)15-6-13-5-14-15/h4-6,8H,7H2,1-3H3,(H2,15,19);1-6H. The van der Waals surface area contributed by atoms with Gasteiger partial charge in [-0.3, -0.25) is 9.69 Å². The molecule has 1 fully saturated rings. The van der Waals surface area contributed by atoms with Crippen molar-refractivity contribution in [2.45, 2.75) is 26.1 Å². The number of methoxy groups -OCH3 is 1. The average molecular weight is 537 g/mol. The van der Waals surface area contributed by atoms with E-state index in [1.807, 2.05) is 26.0 Å². The molecule has 0 aliphatic carbocycles. The molecule has 1 saturated heterocycles. The number of ether oxygens (including phenoxy) is 2. The zero-order valence-corrected chi connectivity index (χ0v) is 20.8. The highest BCUT2D eigenvalue weighted by molar-refractivity contribution is 8.15. The van der Waals surface area contributed by atoms with Crippen LogP contribution < -0.4 is 20.1 Å². The summed E-state index contributed by atoms with van der Waals surface area (Å²) in [5.74, 6) is 0.684. The number of alkyl halides is 3. The Labute approximate surface area is 214 Å². The molecule has 3 aromatic rings. The van der Waals surface area contributed by atoms with Gasteiger partial charge in [-0.1, -0.05) is 31.7 Å². The molecule has 14 heteroatoms. The number of aromatic nitrogens is 3. The van der Waals surface area contributed by atoms with Crippen LogP contribution in [0.5, 0.6) is 11.5 Å². The number of nitrogens with two attached hydrogens (primary N) is 1. The van der Waals surface area contributed by atoms with E-state index >= 15 is 0 Å². The van der Waals surface area contributed by atoms with Gasteiger partial charge in [0.25, 0.3) is 0 Å². The first-order valence-corrected chi connectivity index (χ1v) is 11.7. The zero-order chi connectivity index (χ0) is 27.2. The molecule has 3 amide bonds. The van der Waals surface area contributed by atoms with Crippen LogP contribution in [0.25, 0.3) is 5.69 Å². The number of hydrogen-bond donors (Lipinski definition) is 1. The van der Waals surface area contributed by atoms with Crippen LogP contribution in [-0.4, -0.2) is 51.1 Å². The highest BCUT2D eigenvalue weighted by atomic mass is 32.2. The fourth-order valence-corrected chi connectivity index (χ4v) is 4.12. The van der Waals surface area contributed by atoms with E-state index in [9.17, 15) is 22.8 Å². The summed E-state index contributed by atoms with van der Waals surface area (Å²) in [6.07, 6.45) is -1.89. The first kappa shape index (κ1) is 27.5. The van der Waals surface area contributed by atoms with Crippen molar-refractivity contribution in [2.75, 3.05) is 17.8 Å². The summed E-state index contributed by atoms with van der Waals surface area (Å²) in [6, 6.07) is 10.1. The monoisotopic (exact) mass is 536 g/mol. The predicted molar refractivity (Wildman–Crippen MR) is 132 cm³/mol. The van der Waals surface area contributed by atoms with E-state index in [0.717, 1.165) is 5.56 Å². The molecule has 2 N–H and O–H groups in total. The molecule has 10 nitrogen and oxygen atoms in total. The number of primary amides is 1. The molecule has 0 spiro atoms. The third-order valence-corrected chi connectivity index (χ3v) is 5.75. The molecule has 0 bridgehead atoms. The lowest BCUT2D eigenvalue weighted by molar-refractivity contribution is -0.274. The van der Waals surface area contributed by atoms with Gasteiger partial charge in [0, 0.05) is 6.07 Å². The Morgan fingerprint density at radius 3 is 2.38 bits per heavy atom. The van der Waals surface area contributed by atoms with Crippen LogP contribution in [0.2, 0.25) is 0 Å². The second-order valence-corrected chi connectivity index (χ2v) is 8.65. The van der Waals surface area contributed by atoms with Crippen molar-refractivity contribution in [1.29, 1.82) is 0 Å². The van der Waals surface area contributed by atoms with Gasteiger partial charge in [0.05, 0.1) is 24.2 Å². The second-order valence-electron chi connectivity index (χ2n) is 7.71. The predicted octanol–water partition coefficient (Wildman–Crippen LogP) is 4.50. The molecule has 4 rings (SSSR count). The van der Waals surface area contributed by atoms with E-state index in [1.54, 1.807) is 13.2 Å². The van der Waals surface area contributed by atoms with Gasteiger partial charge in [-0.15, -0.1) is 13.2 Å². The number of nitrogens with zero attached hydrogens (tertiary/aromatic N) is 5. The maximum absolute atomic E-state index is 12.2. The molecule has 1 aliphatic rings. The maximum Gasteiger partial charge on any atom is 0.573 e. The van der Waals surface area contributed by atoms with E-state index in [2.05, 4.69) is 19.8 Å². The van der Waals surface area contributed by atoms with Crippen LogP contribution in [0.3, 0.4) is 0 Å². The van der Waals surface area contributed by atoms with Crippen molar-refractivity contribution in [3.05, 3.63) is 60.7 Å². The Morgan fingerprint density at radius 1 is 1.16 bits per heavy atom. The van der Waals surface area contributed by atoms with Crippen LogP contribution in [0.1, 0.15) is 25.3 Å². The largest absolute Gasteiger partial charge is 0.573 e. The van der Waals surface area contributed by atoms with Crippen LogP contribution in [0.15, 0.2) is 60.1 Å². The number of hydrogen-bond acceptors (Lipinski definition) is 7. The Bertz CT molecular complexity index is 1260. The molecule has 1 aliphatic heterocycles. The van der Waals surface area contributed by atoms with Crippen LogP contribution in [0.4, 0.5) is 23.7 Å². The van der Waals surface area contributed by atoms with Crippen LogP contribution in [0, 0.1) is 0 Å². The molecule has 0 radical (unpaired) electrons. The number of aliphatic imine (C=N–C) groups is 1. The fourth-order valence-electron chi connectivity index (χ4n) is 3.25. The average Bonchev–Trinajstić information content (AvgIpc) is 3.48. The summed E-state index contributed by atoms with van der Waals surface area (Å²) in [5.41, 5.74) is 7.37. The SMILES string of the molecule is COc1ccc(C(C)C)c(N2C(=O)CSC2=NC(N)=O)c1.FC(F)(F)Oc1ccc(-n2cncn2)cc1. The molecule has 37 heavy (non-hydrogen) atoms. The smallest absolute Gasteiger partial charge is 0.497 e. The van der Waals surface area contributed by atoms with Crippen molar-refractivity contribution < 1.29 is 32.2 Å². The molecule has 0 saturated carbocycles. The van der Waals surface area contributed by atoms with Crippen molar-refractivity contribution in [2.24, 2.45) is 10.7 Å². The Kier molecular flexibility index (Phi) is 8.76. The minimum Gasteiger partial charge on any atom is -0.497 e. The van der Waals surface area contributed by atoms with Gasteiger partial charge in [-0.2, -0.15) is 10.1 Å². The summed E-state index contributed by atoms with van der Waals surface area (Å²) in [5, 5.41) is 4.14. The van der Waals surface area contributed by atoms with Gasteiger partial charge in [-0.25, -0.2) is 14.5 Å². The van der Waals surface area contributed by atoms with E-state index in [1.165, 1.54) is 58.3 Å². The van der Waals surface area contributed by atoms with Gasteiger partial charge in [0.2, 0.25) is 5.91 Å². The molecular weight excluding hydrogens is 513 g/mol.